The Morgan fingerprint density at radius 3 is 2.45 bits per heavy atom. The molecule has 2 aliphatic rings. The lowest BCUT2D eigenvalue weighted by Gasteiger charge is -2.35. The summed E-state index contributed by atoms with van der Waals surface area (Å²) in [5.74, 6) is 1.26. The highest BCUT2D eigenvalue weighted by molar-refractivity contribution is 7.91. The first-order valence-corrected chi connectivity index (χ1v) is 13.2. The molecule has 1 unspecified atom stereocenters. The molecule has 178 valence electrons. The molecule has 2 aliphatic heterocycles. The molecule has 3 heterocycles. The molecule has 4 rings (SSSR count). The highest BCUT2D eigenvalue weighted by atomic mass is 32.2. The van der Waals surface area contributed by atoms with E-state index in [4.69, 9.17) is 9.47 Å². The number of likely N-dealkylation sites (tertiary alicyclic amines) is 1. The number of ether oxygens (including phenoxy) is 2. The summed E-state index contributed by atoms with van der Waals surface area (Å²) in [6.45, 7) is 8.63. The van der Waals surface area contributed by atoms with E-state index < -0.39 is 15.4 Å². The van der Waals surface area contributed by atoms with Gasteiger partial charge in [0.25, 0.3) is 0 Å². The Balaban J connectivity index is 1.38. The van der Waals surface area contributed by atoms with Crippen LogP contribution >= 0.6 is 0 Å². The number of rotatable bonds is 4. The number of piperidine rings is 1. The normalized spacial score (nSPS) is 19.2. The van der Waals surface area contributed by atoms with E-state index in [1.54, 1.807) is 42.3 Å². The molecule has 1 saturated heterocycles. The Morgan fingerprint density at radius 2 is 1.85 bits per heavy atom. The summed E-state index contributed by atoms with van der Waals surface area (Å²) in [6, 6.07) is 8.92. The second-order valence-corrected chi connectivity index (χ2v) is 12.0. The maximum absolute atomic E-state index is 12.3. The second kappa shape index (κ2) is 8.97. The minimum atomic E-state index is -3.22. The molecule has 33 heavy (non-hydrogen) atoms. The van der Waals surface area contributed by atoms with Crippen LogP contribution in [0.5, 0.6) is 5.75 Å². The Bertz CT molecular complexity index is 1110. The van der Waals surface area contributed by atoms with E-state index in [-0.39, 0.29) is 18.0 Å². The molecular weight excluding hydrogens is 440 g/mol. The lowest BCUT2D eigenvalue weighted by atomic mass is 9.89. The smallest absolute Gasteiger partial charge is 0.410 e. The number of hydrogen-bond donors (Lipinski definition) is 0. The van der Waals surface area contributed by atoms with Crippen LogP contribution in [0.3, 0.4) is 0 Å². The molecular formula is C25H32N2O5S. The number of carbonyl (C=O) groups is 1. The molecule has 7 nitrogen and oxygen atoms in total. The average molecular weight is 473 g/mol. The maximum Gasteiger partial charge on any atom is 0.410 e. The molecule has 1 atom stereocenters. The van der Waals surface area contributed by atoms with Gasteiger partial charge >= 0.3 is 6.09 Å². The Kier molecular flexibility index (Phi) is 6.40. The fourth-order valence-corrected chi connectivity index (χ4v) is 5.26. The highest BCUT2D eigenvalue weighted by Gasteiger charge is 2.35. The van der Waals surface area contributed by atoms with Gasteiger partial charge in [-0.1, -0.05) is 19.1 Å². The minimum Gasteiger partial charge on any atom is -0.488 e. The largest absolute Gasteiger partial charge is 0.488 e. The summed E-state index contributed by atoms with van der Waals surface area (Å²) in [4.78, 5) is 19.0. The first-order valence-electron chi connectivity index (χ1n) is 11.5. The van der Waals surface area contributed by atoms with Crippen LogP contribution in [0, 0.1) is 5.92 Å². The number of fused-ring (bicyclic) bond motifs is 1. The van der Waals surface area contributed by atoms with E-state index in [1.165, 1.54) is 0 Å². The molecule has 0 spiro atoms. The zero-order valence-electron chi connectivity index (χ0n) is 19.7. The van der Waals surface area contributed by atoms with Crippen LogP contribution in [-0.2, 0) is 21.0 Å². The van der Waals surface area contributed by atoms with E-state index in [1.807, 2.05) is 26.8 Å². The van der Waals surface area contributed by atoms with Crippen LogP contribution in [0.15, 0.2) is 41.4 Å². The number of carbonyl (C=O) groups excluding carboxylic acids is 1. The maximum atomic E-state index is 12.3. The number of amides is 1. The first-order chi connectivity index (χ1) is 15.6. The zero-order valence-corrected chi connectivity index (χ0v) is 20.5. The summed E-state index contributed by atoms with van der Waals surface area (Å²) in [6.07, 6.45) is 4.16. The minimum absolute atomic E-state index is 0.0786. The van der Waals surface area contributed by atoms with Gasteiger partial charge in [0.05, 0.1) is 22.5 Å². The molecule has 0 bridgehead atoms. The summed E-state index contributed by atoms with van der Waals surface area (Å²) in [5, 5.41) is 0. The third-order valence-corrected chi connectivity index (χ3v) is 8.00. The molecule has 0 aliphatic carbocycles. The zero-order chi connectivity index (χ0) is 23.8. The quantitative estimate of drug-likeness (QED) is 0.652. The lowest BCUT2D eigenvalue weighted by molar-refractivity contribution is 0.0123. The monoisotopic (exact) mass is 472 g/mol. The first kappa shape index (κ1) is 23.5. The van der Waals surface area contributed by atoms with Gasteiger partial charge in [-0.3, -0.25) is 4.98 Å². The Morgan fingerprint density at radius 1 is 1.18 bits per heavy atom. The fraction of sp³-hybridized carbons (Fsp3) is 0.520. The molecule has 0 saturated carbocycles. The van der Waals surface area contributed by atoms with Crippen molar-refractivity contribution < 1.29 is 22.7 Å². The molecule has 1 aromatic carbocycles. The molecule has 1 amide bonds. The van der Waals surface area contributed by atoms with Crippen LogP contribution in [-0.4, -0.2) is 54.9 Å². The molecule has 8 heteroatoms. The third-order valence-electron chi connectivity index (χ3n) is 6.25. The van der Waals surface area contributed by atoms with Crippen molar-refractivity contribution in [3.63, 3.8) is 0 Å². The number of sulfone groups is 1. The number of nitrogens with zero attached hydrogens (tertiary/aromatic N) is 2. The van der Waals surface area contributed by atoms with E-state index in [9.17, 15) is 13.2 Å². The van der Waals surface area contributed by atoms with Crippen molar-refractivity contribution in [3.8, 4) is 17.0 Å². The number of aromatic nitrogens is 1. The standard InChI is InChI=1S/C25H32N2O5S/c1-5-33(29,30)20-8-6-17(7-9-20)21-14-19-15-22(31-23(19)16-26-21)18-10-12-27(13-11-18)24(28)32-25(2,3)4/h6-9,14,16,18,22H,5,10-13,15H2,1-4H3. The number of hydrogen-bond acceptors (Lipinski definition) is 6. The van der Waals surface area contributed by atoms with Crippen LogP contribution in [0.1, 0.15) is 46.1 Å². The topological polar surface area (TPSA) is 85.8 Å². The van der Waals surface area contributed by atoms with E-state index >= 15 is 0 Å². The summed E-state index contributed by atoms with van der Waals surface area (Å²) in [7, 11) is -3.22. The van der Waals surface area contributed by atoms with E-state index in [0.29, 0.717) is 23.9 Å². The molecule has 0 radical (unpaired) electrons. The summed E-state index contributed by atoms with van der Waals surface area (Å²) < 4.78 is 35.8. The van der Waals surface area contributed by atoms with Gasteiger partial charge in [-0.15, -0.1) is 0 Å². The molecule has 1 aromatic heterocycles. The number of benzene rings is 1. The predicted molar refractivity (Wildman–Crippen MR) is 126 cm³/mol. The van der Waals surface area contributed by atoms with Gasteiger partial charge in [0.15, 0.2) is 9.84 Å². The van der Waals surface area contributed by atoms with Crippen LogP contribution < -0.4 is 4.74 Å². The van der Waals surface area contributed by atoms with E-state index in [2.05, 4.69) is 4.98 Å². The Labute approximate surface area is 196 Å². The lowest BCUT2D eigenvalue weighted by Crippen LogP contribution is -2.44. The van der Waals surface area contributed by atoms with Crippen molar-refractivity contribution in [1.82, 2.24) is 9.88 Å². The van der Waals surface area contributed by atoms with Crippen molar-refractivity contribution in [2.45, 2.75) is 63.6 Å². The van der Waals surface area contributed by atoms with Crippen LogP contribution in [0.25, 0.3) is 11.3 Å². The molecule has 0 N–H and O–H groups in total. The van der Waals surface area contributed by atoms with Crippen LogP contribution in [0.4, 0.5) is 4.79 Å². The third kappa shape index (κ3) is 5.32. The van der Waals surface area contributed by atoms with Crippen molar-refractivity contribution in [1.29, 1.82) is 0 Å². The van der Waals surface area contributed by atoms with Crippen molar-refractivity contribution in [3.05, 3.63) is 42.1 Å². The molecule has 1 fully saturated rings. The van der Waals surface area contributed by atoms with Gasteiger partial charge in [0.2, 0.25) is 0 Å². The van der Waals surface area contributed by atoms with Gasteiger partial charge in [-0.05, 0) is 57.7 Å². The van der Waals surface area contributed by atoms with Crippen molar-refractivity contribution in [2.75, 3.05) is 18.8 Å². The fourth-order valence-electron chi connectivity index (χ4n) is 4.37. The van der Waals surface area contributed by atoms with Gasteiger partial charge in [-0.25, -0.2) is 13.2 Å². The van der Waals surface area contributed by atoms with Crippen molar-refractivity contribution in [2.24, 2.45) is 5.92 Å². The number of pyridine rings is 1. The highest BCUT2D eigenvalue weighted by Crippen LogP contribution is 2.36. The second-order valence-electron chi connectivity index (χ2n) is 9.77. The Hall–Kier alpha value is -2.61. The predicted octanol–water partition coefficient (Wildman–Crippen LogP) is 4.49. The average Bonchev–Trinajstić information content (AvgIpc) is 3.21. The van der Waals surface area contributed by atoms with Gasteiger partial charge in [0.1, 0.15) is 17.5 Å². The van der Waals surface area contributed by atoms with Gasteiger partial charge < -0.3 is 14.4 Å². The van der Waals surface area contributed by atoms with Crippen LogP contribution in [0.2, 0.25) is 0 Å². The molecule has 2 aromatic rings. The summed E-state index contributed by atoms with van der Waals surface area (Å²) in [5.41, 5.74) is 2.31. The van der Waals surface area contributed by atoms with Gasteiger partial charge in [0, 0.05) is 30.6 Å². The van der Waals surface area contributed by atoms with Crippen molar-refractivity contribution >= 4 is 15.9 Å². The van der Waals surface area contributed by atoms with E-state index in [0.717, 1.165) is 41.8 Å². The SMILES string of the molecule is CCS(=O)(=O)c1ccc(-c2cc3c(cn2)OC(C2CCN(C(=O)OC(C)(C)C)CC2)C3)cc1. The van der Waals surface area contributed by atoms with Gasteiger partial charge in [-0.2, -0.15) is 0 Å². The summed E-state index contributed by atoms with van der Waals surface area (Å²) >= 11 is 0.